The minimum absolute atomic E-state index is 0.193. The van der Waals surface area contributed by atoms with Crippen LogP contribution in [0.4, 0.5) is 0 Å². The monoisotopic (exact) mass is 330 g/mol. The van der Waals surface area contributed by atoms with Gasteiger partial charge in [-0.1, -0.05) is 20.8 Å². The van der Waals surface area contributed by atoms with Crippen LogP contribution in [0.3, 0.4) is 0 Å². The van der Waals surface area contributed by atoms with Crippen LogP contribution in [0.2, 0.25) is 0 Å². The van der Waals surface area contributed by atoms with Gasteiger partial charge in [-0.15, -0.1) is 11.3 Å². The summed E-state index contributed by atoms with van der Waals surface area (Å²) in [7, 11) is -3.35. The summed E-state index contributed by atoms with van der Waals surface area (Å²) in [6, 6.07) is 3.65. The Morgan fingerprint density at radius 3 is 2.62 bits per heavy atom. The largest absolute Gasteiger partial charge is 0.317 e. The predicted octanol–water partition coefficient (Wildman–Crippen LogP) is 2.61. The van der Waals surface area contributed by atoms with Crippen LogP contribution in [0, 0.1) is 11.3 Å². The Hall–Kier alpha value is -0.430. The zero-order valence-electron chi connectivity index (χ0n) is 13.1. The molecule has 21 heavy (non-hydrogen) atoms. The van der Waals surface area contributed by atoms with E-state index in [1.165, 1.54) is 11.3 Å². The van der Waals surface area contributed by atoms with Gasteiger partial charge >= 0.3 is 0 Å². The lowest BCUT2D eigenvalue weighted by Gasteiger charge is -2.19. The average molecular weight is 331 g/mol. The number of hydrogen-bond donors (Lipinski definition) is 2. The molecule has 2 N–H and O–H groups in total. The van der Waals surface area contributed by atoms with Gasteiger partial charge in [0.15, 0.2) is 0 Å². The molecule has 1 aliphatic rings. The van der Waals surface area contributed by atoms with Gasteiger partial charge in [0.25, 0.3) is 0 Å². The smallest absolute Gasteiger partial charge is 0.250 e. The maximum atomic E-state index is 12.4. The van der Waals surface area contributed by atoms with Crippen LogP contribution >= 0.6 is 11.3 Å². The van der Waals surface area contributed by atoms with Crippen molar-refractivity contribution in [3.63, 3.8) is 0 Å². The van der Waals surface area contributed by atoms with Crippen LogP contribution < -0.4 is 10.0 Å². The Morgan fingerprint density at radius 2 is 2.05 bits per heavy atom. The van der Waals surface area contributed by atoms with Crippen LogP contribution in [-0.2, 0) is 16.4 Å². The number of rotatable bonds is 9. The third kappa shape index (κ3) is 4.28. The van der Waals surface area contributed by atoms with Crippen LogP contribution in [0.1, 0.15) is 38.5 Å². The molecule has 0 radical (unpaired) electrons. The van der Waals surface area contributed by atoms with Crippen LogP contribution in [0.15, 0.2) is 16.3 Å². The number of thiophene rings is 1. The quantitative estimate of drug-likeness (QED) is 0.684. The van der Waals surface area contributed by atoms with Crippen molar-refractivity contribution in [2.45, 2.75) is 44.2 Å². The van der Waals surface area contributed by atoms with E-state index < -0.39 is 10.0 Å². The van der Waals surface area contributed by atoms with Crippen LogP contribution in [0.25, 0.3) is 0 Å². The molecule has 120 valence electrons. The molecule has 0 atom stereocenters. The third-order valence-corrected chi connectivity index (χ3v) is 7.47. The summed E-state index contributed by atoms with van der Waals surface area (Å²) in [6.07, 6.45) is 3.14. The Balaban J connectivity index is 1.93. The van der Waals surface area contributed by atoms with E-state index in [1.54, 1.807) is 6.07 Å². The summed E-state index contributed by atoms with van der Waals surface area (Å²) in [5.41, 5.74) is 0.193. The fraction of sp³-hybridized carbons (Fsp3) is 0.733. The highest BCUT2D eigenvalue weighted by molar-refractivity contribution is 7.91. The maximum absolute atomic E-state index is 12.4. The summed E-state index contributed by atoms with van der Waals surface area (Å²) < 4.78 is 28.0. The highest BCUT2D eigenvalue weighted by Crippen LogP contribution is 2.51. The second-order valence-electron chi connectivity index (χ2n) is 6.17. The molecule has 2 rings (SSSR count). The number of likely N-dealkylation sites (N-methyl/N-ethyl adjacent to an activating group) is 1. The van der Waals surface area contributed by atoms with Crippen molar-refractivity contribution in [2.75, 3.05) is 19.6 Å². The highest BCUT2D eigenvalue weighted by atomic mass is 32.2. The molecule has 1 aromatic rings. The first-order chi connectivity index (χ1) is 9.89. The Labute approximate surface area is 132 Å². The molecule has 0 bridgehead atoms. The Morgan fingerprint density at radius 1 is 1.33 bits per heavy atom. The van der Waals surface area contributed by atoms with Gasteiger partial charge in [-0.25, -0.2) is 13.1 Å². The molecule has 0 aliphatic heterocycles. The Bertz CT molecular complexity index is 560. The number of hydrogen-bond acceptors (Lipinski definition) is 4. The molecule has 0 amide bonds. The van der Waals surface area contributed by atoms with E-state index in [0.29, 0.717) is 16.7 Å². The maximum Gasteiger partial charge on any atom is 0.250 e. The van der Waals surface area contributed by atoms with E-state index >= 15 is 0 Å². The molecule has 0 spiro atoms. The fourth-order valence-electron chi connectivity index (χ4n) is 2.45. The van der Waals surface area contributed by atoms with E-state index in [1.807, 2.05) is 6.07 Å². The van der Waals surface area contributed by atoms with Crippen molar-refractivity contribution in [3.8, 4) is 0 Å². The summed E-state index contributed by atoms with van der Waals surface area (Å²) in [4.78, 5) is 1.11. The predicted molar refractivity (Wildman–Crippen MR) is 88.3 cm³/mol. The summed E-state index contributed by atoms with van der Waals surface area (Å²) in [5, 5.41) is 3.25. The van der Waals surface area contributed by atoms with Gasteiger partial charge in [0, 0.05) is 11.4 Å². The minimum atomic E-state index is -3.35. The van der Waals surface area contributed by atoms with Gasteiger partial charge in [-0.2, -0.15) is 0 Å². The van der Waals surface area contributed by atoms with Crippen LogP contribution in [0.5, 0.6) is 0 Å². The van der Waals surface area contributed by atoms with Crippen molar-refractivity contribution in [1.29, 1.82) is 0 Å². The second kappa shape index (κ2) is 6.77. The zero-order chi connectivity index (χ0) is 15.5. The van der Waals surface area contributed by atoms with Gasteiger partial charge in [-0.3, -0.25) is 0 Å². The van der Waals surface area contributed by atoms with Gasteiger partial charge in [-0.05, 0) is 55.8 Å². The highest BCUT2D eigenvalue weighted by Gasteiger charge is 2.45. The first-order valence-electron chi connectivity index (χ1n) is 7.69. The molecule has 4 nitrogen and oxygen atoms in total. The van der Waals surface area contributed by atoms with E-state index in [9.17, 15) is 8.42 Å². The van der Waals surface area contributed by atoms with E-state index in [-0.39, 0.29) is 5.41 Å². The van der Waals surface area contributed by atoms with E-state index in [4.69, 9.17) is 0 Å². The zero-order valence-corrected chi connectivity index (χ0v) is 14.7. The summed E-state index contributed by atoms with van der Waals surface area (Å²) in [5.74, 6) is 0.527. The van der Waals surface area contributed by atoms with Crippen LogP contribution in [-0.4, -0.2) is 28.1 Å². The minimum Gasteiger partial charge on any atom is -0.317 e. The number of sulfonamides is 1. The van der Waals surface area contributed by atoms with E-state index in [0.717, 1.165) is 37.2 Å². The van der Waals surface area contributed by atoms with Crippen molar-refractivity contribution < 1.29 is 8.42 Å². The van der Waals surface area contributed by atoms with Crippen molar-refractivity contribution in [1.82, 2.24) is 10.0 Å². The lowest BCUT2D eigenvalue weighted by atomic mass is 9.93. The third-order valence-electron chi connectivity index (χ3n) is 4.43. The first kappa shape index (κ1) is 16.9. The lowest BCUT2D eigenvalue weighted by molar-refractivity contribution is 0.357. The lowest BCUT2D eigenvalue weighted by Crippen LogP contribution is -2.32. The van der Waals surface area contributed by atoms with Crippen molar-refractivity contribution in [3.05, 3.63) is 17.0 Å². The molecule has 0 aromatic carbocycles. The summed E-state index contributed by atoms with van der Waals surface area (Å²) in [6.45, 7) is 8.81. The molecular formula is C15H26N2O2S2. The molecule has 1 fully saturated rings. The average Bonchev–Trinajstić information content (AvgIpc) is 3.08. The molecule has 6 heteroatoms. The molecule has 1 aliphatic carbocycles. The molecule has 0 saturated heterocycles. The van der Waals surface area contributed by atoms with Gasteiger partial charge < -0.3 is 5.32 Å². The standard InChI is InChI=1S/C15H26N2O2S2/c1-4-16-10-7-13-5-6-14(20-13)21(18,19)17-11-15(8-9-15)12(2)3/h5-6,12,16-17H,4,7-11H2,1-3H3. The first-order valence-corrected chi connectivity index (χ1v) is 9.99. The summed E-state index contributed by atoms with van der Waals surface area (Å²) >= 11 is 1.38. The van der Waals surface area contributed by atoms with Crippen molar-refractivity contribution in [2.24, 2.45) is 11.3 Å². The molecule has 1 aromatic heterocycles. The normalized spacial score (nSPS) is 17.3. The molecule has 0 unspecified atom stereocenters. The van der Waals surface area contributed by atoms with Gasteiger partial charge in [0.2, 0.25) is 10.0 Å². The molecule has 1 saturated carbocycles. The van der Waals surface area contributed by atoms with Gasteiger partial charge in [0.1, 0.15) is 4.21 Å². The van der Waals surface area contributed by atoms with Crippen molar-refractivity contribution >= 4 is 21.4 Å². The SMILES string of the molecule is CCNCCc1ccc(S(=O)(=O)NCC2(C(C)C)CC2)s1. The second-order valence-corrected chi connectivity index (χ2v) is 9.33. The van der Waals surface area contributed by atoms with E-state index in [2.05, 4.69) is 30.8 Å². The topological polar surface area (TPSA) is 58.2 Å². The molecule has 1 heterocycles. The number of nitrogens with one attached hydrogen (secondary N) is 2. The Kier molecular flexibility index (Phi) is 5.46. The molecular weight excluding hydrogens is 304 g/mol. The van der Waals surface area contributed by atoms with Gasteiger partial charge in [0.05, 0.1) is 0 Å². The fourth-order valence-corrected chi connectivity index (χ4v) is 4.99.